The van der Waals surface area contributed by atoms with Crippen LogP contribution in [0.25, 0.3) is 0 Å². The zero-order chi connectivity index (χ0) is 12.8. The molecule has 1 aliphatic heterocycles. The molecule has 0 amide bonds. The lowest BCUT2D eigenvalue weighted by molar-refractivity contribution is 0.232. The second-order valence-corrected chi connectivity index (χ2v) is 4.85. The zero-order valence-electron chi connectivity index (χ0n) is 10.9. The van der Waals surface area contributed by atoms with Crippen molar-refractivity contribution >= 4 is 0 Å². The minimum atomic E-state index is 0.653. The van der Waals surface area contributed by atoms with Crippen LogP contribution in [0.15, 0.2) is 24.3 Å². The predicted molar refractivity (Wildman–Crippen MR) is 71.5 cm³/mol. The van der Waals surface area contributed by atoms with Crippen molar-refractivity contribution in [3.8, 4) is 11.8 Å². The minimum absolute atomic E-state index is 0.653. The molecule has 0 spiro atoms. The fraction of sp³-hybridized carbons (Fsp3) is 0.533. The van der Waals surface area contributed by atoms with Crippen molar-refractivity contribution in [3.05, 3.63) is 29.8 Å². The number of hydrogen-bond acceptors (Lipinski definition) is 3. The summed E-state index contributed by atoms with van der Waals surface area (Å²) >= 11 is 0. The number of rotatable bonds is 5. The van der Waals surface area contributed by atoms with E-state index in [0.29, 0.717) is 12.2 Å². The Morgan fingerprint density at radius 1 is 1.50 bits per heavy atom. The van der Waals surface area contributed by atoms with Crippen LogP contribution < -0.4 is 4.74 Å². The average Bonchev–Trinajstić information content (AvgIpc) is 2.87. The van der Waals surface area contributed by atoms with Crippen molar-refractivity contribution < 1.29 is 4.74 Å². The predicted octanol–water partition coefficient (Wildman–Crippen LogP) is 2.67. The molecule has 0 aliphatic carbocycles. The standard InChI is InChI=1S/C15H20N2O/c1-2-13-6-7-17(12-13)8-9-18-15-5-3-4-14(10-15)11-16/h3-5,10,13H,2,6-9,12H2,1H3. The summed E-state index contributed by atoms with van der Waals surface area (Å²) in [5, 5.41) is 8.80. The van der Waals surface area contributed by atoms with Crippen molar-refractivity contribution in [2.24, 2.45) is 5.92 Å². The number of nitrogens with zero attached hydrogens (tertiary/aromatic N) is 2. The van der Waals surface area contributed by atoms with E-state index in [4.69, 9.17) is 10.00 Å². The first-order valence-corrected chi connectivity index (χ1v) is 6.67. The van der Waals surface area contributed by atoms with Crippen molar-refractivity contribution in [3.63, 3.8) is 0 Å². The topological polar surface area (TPSA) is 36.3 Å². The molecule has 1 fully saturated rings. The quantitative estimate of drug-likeness (QED) is 0.799. The largest absolute Gasteiger partial charge is 0.492 e. The molecule has 2 rings (SSSR count). The first-order valence-electron chi connectivity index (χ1n) is 6.67. The highest BCUT2D eigenvalue weighted by Crippen LogP contribution is 2.18. The normalized spacial score (nSPS) is 19.7. The van der Waals surface area contributed by atoms with Crippen molar-refractivity contribution in [2.45, 2.75) is 19.8 Å². The van der Waals surface area contributed by atoms with E-state index in [0.717, 1.165) is 18.2 Å². The van der Waals surface area contributed by atoms with E-state index < -0.39 is 0 Å². The van der Waals surface area contributed by atoms with Gasteiger partial charge in [0.25, 0.3) is 0 Å². The Balaban J connectivity index is 1.74. The minimum Gasteiger partial charge on any atom is -0.492 e. The van der Waals surface area contributed by atoms with Crippen molar-refractivity contribution in [1.29, 1.82) is 5.26 Å². The number of likely N-dealkylation sites (tertiary alicyclic amines) is 1. The van der Waals surface area contributed by atoms with Crippen LogP contribution in [0, 0.1) is 17.2 Å². The van der Waals surface area contributed by atoms with E-state index >= 15 is 0 Å². The molecule has 96 valence electrons. The van der Waals surface area contributed by atoms with Crippen molar-refractivity contribution in [1.82, 2.24) is 4.90 Å². The van der Waals surface area contributed by atoms with Crippen LogP contribution in [0.3, 0.4) is 0 Å². The number of nitriles is 1. The van der Waals surface area contributed by atoms with Crippen LogP contribution in [0.4, 0.5) is 0 Å². The maximum absolute atomic E-state index is 8.80. The first-order chi connectivity index (χ1) is 8.81. The van der Waals surface area contributed by atoms with Gasteiger partial charge in [-0.05, 0) is 37.1 Å². The lowest BCUT2D eigenvalue weighted by Crippen LogP contribution is -2.26. The smallest absolute Gasteiger partial charge is 0.120 e. The third-order valence-electron chi connectivity index (χ3n) is 3.59. The summed E-state index contributed by atoms with van der Waals surface area (Å²) in [5.41, 5.74) is 0.653. The Hall–Kier alpha value is -1.53. The molecule has 3 heteroatoms. The van der Waals surface area contributed by atoms with E-state index in [2.05, 4.69) is 17.9 Å². The van der Waals surface area contributed by atoms with Gasteiger partial charge in [-0.1, -0.05) is 19.4 Å². The fourth-order valence-electron chi connectivity index (χ4n) is 2.40. The fourth-order valence-corrected chi connectivity index (χ4v) is 2.40. The van der Waals surface area contributed by atoms with Gasteiger partial charge in [0.1, 0.15) is 12.4 Å². The summed E-state index contributed by atoms with van der Waals surface area (Å²) in [5.74, 6) is 1.66. The summed E-state index contributed by atoms with van der Waals surface area (Å²) in [6.45, 7) is 6.34. The summed E-state index contributed by atoms with van der Waals surface area (Å²) < 4.78 is 5.69. The number of benzene rings is 1. The summed E-state index contributed by atoms with van der Waals surface area (Å²) in [7, 11) is 0. The number of hydrogen-bond donors (Lipinski definition) is 0. The third-order valence-corrected chi connectivity index (χ3v) is 3.59. The molecule has 3 nitrogen and oxygen atoms in total. The van der Waals surface area contributed by atoms with Gasteiger partial charge in [0.05, 0.1) is 11.6 Å². The SMILES string of the molecule is CCC1CCN(CCOc2cccc(C#N)c2)C1. The van der Waals surface area contributed by atoms with Gasteiger partial charge >= 0.3 is 0 Å². The highest BCUT2D eigenvalue weighted by molar-refractivity contribution is 5.36. The van der Waals surface area contributed by atoms with E-state index in [1.807, 2.05) is 12.1 Å². The Morgan fingerprint density at radius 2 is 2.39 bits per heavy atom. The molecule has 1 unspecified atom stereocenters. The van der Waals surface area contributed by atoms with E-state index in [9.17, 15) is 0 Å². The van der Waals surface area contributed by atoms with Gasteiger partial charge in [-0.25, -0.2) is 0 Å². The Bertz CT molecular complexity index is 425. The average molecular weight is 244 g/mol. The van der Waals surface area contributed by atoms with Crippen LogP contribution in [0.1, 0.15) is 25.3 Å². The first kappa shape index (κ1) is 12.9. The molecule has 1 aliphatic rings. The molecule has 18 heavy (non-hydrogen) atoms. The summed E-state index contributed by atoms with van der Waals surface area (Å²) in [4.78, 5) is 2.46. The van der Waals surface area contributed by atoms with Crippen LogP contribution in [-0.2, 0) is 0 Å². The van der Waals surface area contributed by atoms with Crippen LogP contribution in [0.5, 0.6) is 5.75 Å². The van der Waals surface area contributed by atoms with Gasteiger partial charge in [-0.3, -0.25) is 4.90 Å². The van der Waals surface area contributed by atoms with E-state index in [-0.39, 0.29) is 0 Å². The third kappa shape index (κ3) is 3.48. The second-order valence-electron chi connectivity index (χ2n) is 4.85. The maximum Gasteiger partial charge on any atom is 0.120 e. The molecule has 0 saturated carbocycles. The maximum atomic E-state index is 8.80. The molecule has 1 saturated heterocycles. The molecule has 1 aromatic carbocycles. The lowest BCUT2D eigenvalue weighted by atomic mass is 10.1. The molecule has 0 bridgehead atoms. The van der Waals surface area contributed by atoms with Crippen molar-refractivity contribution in [2.75, 3.05) is 26.2 Å². The summed E-state index contributed by atoms with van der Waals surface area (Å²) in [6.07, 6.45) is 2.60. The Labute approximate surface area is 109 Å². The van der Waals surface area contributed by atoms with E-state index in [1.54, 1.807) is 12.1 Å². The van der Waals surface area contributed by atoms with E-state index in [1.165, 1.54) is 25.9 Å². The van der Waals surface area contributed by atoms with Crippen LogP contribution >= 0.6 is 0 Å². The number of ether oxygens (including phenoxy) is 1. The second kappa shape index (κ2) is 6.42. The monoisotopic (exact) mass is 244 g/mol. The van der Waals surface area contributed by atoms with Crippen LogP contribution in [-0.4, -0.2) is 31.1 Å². The lowest BCUT2D eigenvalue weighted by Gasteiger charge is -2.16. The Kier molecular flexibility index (Phi) is 4.60. The van der Waals surface area contributed by atoms with Gasteiger partial charge in [0.15, 0.2) is 0 Å². The van der Waals surface area contributed by atoms with Gasteiger partial charge in [0, 0.05) is 13.1 Å². The molecule has 1 heterocycles. The summed E-state index contributed by atoms with van der Waals surface area (Å²) in [6, 6.07) is 9.46. The van der Waals surface area contributed by atoms with Gasteiger partial charge in [-0.2, -0.15) is 5.26 Å². The molecule has 1 atom stereocenters. The Morgan fingerprint density at radius 3 is 3.11 bits per heavy atom. The molecular formula is C15H20N2O. The molecule has 0 aromatic heterocycles. The zero-order valence-corrected chi connectivity index (χ0v) is 10.9. The van der Waals surface area contributed by atoms with Gasteiger partial charge in [0.2, 0.25) is 0 Å². The molecule has 0 N–H and O–H groups in total. The van der Waals surface area contributed by atoms with Gasteiger partial charge < -0.3 is 4.74 Å². The molecule has 1 aromatic rings. The highest BCUT2D eigenvalue weighted by atomic mass is 16.5. The molecular weight excluding hydrogens is 224 g/mol. The van der Waals surface area contributed by atoms with Gasteiger partial charge in [-0.15, -0.1) is 0 Å². The molecule has 0 radical (unpaired) electrons. The van der Waals surface area contributed by atoms with Crippen LogP contribution in [0.2, 0.25) is 0 Å². The highest BCUT2D eigenvalue weighted by Gasteiger charge is 2.20.